The van der Waals surface area contributed by atoms with Crippen molar-refractivity contribution in [3.8, 4) is 0 Å². The molecule has 0 spiro atoms. The van der Waals surface area contributed by atoms with Gasteiger partial charge < -0.3 is 5.73 Å². The summed E-state index contributed by atoms with van der Waals surface area (Å²) in [4.78, 5) is 0.418. The quantitative estimate of drug-likeness (QED) is 0.798. The van der Waals surface area contributed by atoms with Crippen LogP contribution in [-0.2, 0) is 16.3 Å². The van der Waals surface area contributed by atoms with Gasteiger partial charge >= 0.3 is 0 Å². The Hall–Kier alpha value is -0.870. The molecule has 2 N–H and O–H groups in total. The summed E-state index contributed by atoms with van der Waals surface area (Å²) in [7, 11) is -3.08. The fraction of sp³-hybridized carbons (Fsp3) is 0.600. The Morgan fingerprint density at radius 1 is 1.11 bits per heavy atom. The first-order valence-electron chi connectivity index (χ1n) is 7.07. The van der Waals surface area contributed by atoms with Gasteiger partial charge in [-0.2, -0.15) is 0 Å². The topological polar surface area (TPSA) is 60.2 Å². The van der Waals surface area contributed by atoms with E-state index < -0.39 is 9.84 Å². The fourth-order valence-corrected chi connectivity index (χ4v) is 3.00. The maximum atomic E-state index is 11.7. The number of nitrogens with two attached hydrogens (primary N) is 1. The van der Waals surface area contributed by atoms with Crippen molar-refractivity contribution < 1.29 is 8.42 Å². The third-order valence-electron chi connectivity index (χ3n) is 3.36. The summed E-state index contributed by atoms with van der Waals surface area (Å²) in [6.45, 7) is 3.81. The molecule has 0 aliphatic rings. The van der Waals surface area contributed by atoms with Crippen molar-refractivity contribution in [2.45, 2.75) is 56.9 Å². The highest BCUT2D eigenvalue weighted by Gasteiger charge is 2.10. The van der Waals surface area contributed by atoms with Gasteiger partial charge in [-0.1, -0.05) is 32.4 Å². The summed E-state index contributed by atoms with van der Waals surface area (Å²) in [6.07, 6.45) is 5.26. The minimum atomic E-state index is -3.08. The zero-order chi connectivity index (χ0) is 14.3. The number of aryl methyl sites for hydroxylation is 1. The maximum Gasteiger partial charge on any atom is 0.178 e. The molecule has 0 aliphatic carbocycles. The molecule has 4 heteroatoms. The number of hydrogen-bond donors (Lipinski definition) is 1. The molecule has 0 fully saturated rings. The summed E-state index contributed by atoms with van der Waals surface area (Å²) < 4.78 is 23.3. The lowest BCUT2D eigenvalue weighted by molar-refractivity contribution is 0.539. The second-order valence-electron chi connectivity index (χ2n) is 4.99. The van der Waals surface area contributed by atoms with Gasteiger partial charge in [0, 0.05) is 6.04 Å². The van der Waals surface area contributed by atoms with E-state index in [4.69, 9.17) is 5.73 Å². The molecule has 0 bridgehead atoms. The van der Waals surface area contributed by atoms with Crippen LogP contribution in [0.5, 0.6) is 0 Å². The lowest BCUT2D eigenvalue weighted by Crippen LogP contribution is -2.19. The third-order valence-corrected chi connectivity index (χ3v) is 5.11. The molecule has 0 aromatic heterocycles. The summed E-state index contributed by atoms with van der Waals surface area (Å²) in [5.74, 6) is 0.151. The van der Waals surface area contributed by atoms with Crippen molar-refractivity contribution in [3.05, 3.63) is 29.8 Å². The molecule has 1 aromatic rings. The van der Waals surface area contributed by atoms with Crippen molar-refractivity contribution in [3.63, 3.8) is 0 Å². The van der Waals surface area contributed by atoms with E-state index in [-0.39, 0.29) is 5.75 Å². The van der Waals surface area contributed by atoms with E-state index in [1.54, 1.807) is 19.1 Å². The highest BCUT2D eigenvalue weighted by atomic mass is 32.2. The third kappa shape index (κ3) is 5.33. The van der Waals surface area contributed by atoms with Crippen LogP contribution in [0.3, 0.4) is 0 Å². The van der Waals surface area contributed by atoms with Crippen molar-refractivity contribution in [1.82, 2.24) is 0 Å². The molecular weight excluding hydrogens is 258 g/mol. The number of sulfone groups is 1. The Kier molecular flexibility index (Phi) is 6.52. The zero-order valence-corrected chi connectivity index (χ0v) is 12.7. The van der Waals surface area contributed by atoms with Gasteiger partial charge in [-0.3, -0.25) is 0 Å². The first-order valence-corrected chi connectivity index (χ1v) is 8.72. The van der Waals surface area contributed by atoms with Crippen molar-refractivity contribution in [2.24, 2.45) is 5.73 Å². The van der Waals surface area contributed by atoms with Gasteiger partial charge in [-0.25, -0.2) is 8.42 Å². The van der Waals surface area contributed by atoms with Crippen LogP contribution < -0.4 is 5.73 Å². The Balaban J connectivity index is 2.49. The Morgan fingerprint density at radius 2 is 1.74 bits per heavy atom. The van der Waals surface area contributed by atoms with E-state index in [9.17, 15) is 8.42 Å². The Morgan fingerprint density at radius 3 is 2.26 bits per heavy atom. The van der Waals surface area contributed by atoms with Crippen molar-refractivity contribution in [2.75, 3.05) is 5.75 Å². The monoisotopic (exact) mass is 283 g/mol. The average Bonchev–Trinajstić information content (AvgIpc) is 2.40. The molecule has 0 saturated carbocycles. The van der Waals surface area contributed by atoms with Gasteiger partial charge in [-0.15, -0.1) is 0 Å². The highest BCUT2D eigenvalue weighted by Crippen LogP contribution is 2.14. The molecule has 1 rings (SSSR count). The van der Waals surface area contributed by atoms with Crippen LogP contribution in [-0.4, -0.2) is 20.2 Å². The molecule has 0 aliphatic heterocycles. The van der Waals surface area contributed by atoms with E-state index >= 15 is 0 Å². The van der Waals surface area contributed by atoms with Gasteiger partial charge in [0.25, 0.3) is 0 Å². The van der Waals surface area contributed by atoms with Crippen LogP contribution in [0.4, 0.5) is 0 Å². The number of hydrogen-bond acceptors (Lipinski definition) is 3. The van der Waals surface area contributed by atoms with Gasteiger partial charge in [-0.05, 0) is 43.4 Å². The minimum absolute atomic E-state index is 0.151. The Labute approximate surface area is 117 Å². The second-order valence-corrected chi connectivity index (χ2v) is 7.27. The summed E-state index contributed by atoms with van der Waals surface area (Å²) in [6, 6.07) is 7.53. The molecule has 108 valence electrons. The summed E-state index contributed by atoms with van der Waals surface area (Å²) in [5.41, 5.74) is 7.15. The number of benzene rings is 1. The SMILES string of the molecule is CCCC(N)CCCc1ccc(S(=O)(=O)CC)cc1. The van der Waals surface area contributed by atoms with Crippen LogP contribution in [0.25, 0.3) is 0 Å². The molecule has 0 radical (unpaired) electrons. The van der Waals surface area contributed by atoms with Crippen LogP contribution >= 0.6 is 0 Å². The molecule has 1 unspecified atom stereocenters. The average molecular weight is 283 g/mol. The van der Waals surface area contributed by atoms with E-state index in [1.165, 1.54) is 5.56 Å². The minimum Gasteiger partial charge on any atom is -0.328 e. The second kappa shape index (κ2) is 7.65. The molecule has 1 atom stereocenters. The normalized spacial score (nSPS) is 13.4. The summed E-state index contributed by atoms with van der Waals surface area (Å²) in [5, 5.41) is 0. The molecule has 0 heterocycles. The molecule has 3 nitrogen and oxygen atoms in total. The van der Waals surface area contributed by atoms with Crippen molar-refractivity contribution >= 4 is 9.84 Å². The number of rotatable bonds is 8. The van der Waals surface area contributed by atoms with E-state index in [2.05, 4.69) is 6.92 Å². The first-order chi connectivity index (χ1) is 8.99. The Bertz CT molecular complexity index is 465. The van der Waals surface area contributed by atoms with Crippen LogP contribution in [0.2, 0.25) is 0 Å². The summed E-state index contributed by atoms with van der Waals surface area (Å²) >= 11 is 0. The van der Waals surface area contributed by atoms with E-state index in [0.717, 1.165) is 32.1 Å². The van der Waals surface area contributed by atoms with Gasteiger partial charge in [0.05, 0.1) is 10.6 Å². The molecular formula is C15H25NO2S. The van der Waals surface area contributed by atoms with E-state index in [0.29, 0.717) is 10.9 Å². The largest absolute Gasteiger partial charge is 0.328 e. The first kappa shape index (κ1) is 16.2. The predicted octanol–water partition coefficient (Wildman–Crippen LogP) is 2.93. The fourth-order valence-electron chi connectivity index (χ4n) is 2.11. The smallest absolute Gasteiger partial charge is 0.178 e. The molecule has 19 heavy (non-hydrogen) atoms. The molecule has 1 aromatic carbocycles. The predicted molar refractivity (Wildman–Crippen MR) is 80.0 cm³/mol. The van der Waals surface area contributed by atoms with E-state index in [1.807, 2.05) is 12.1 Å². The van der Waals surface area contributed by atoms with Gasteiger partial charge in [0.15, 0.2) is 9.84 Å². The van der Waals surface area contributed by atoms with Gasteiger partial charge in [0.2, 0.25) is 0 Å². The van der Waals surface area contributed by atoms with Crippen LogP contribution in [0, 0.1) is 0 Å². The molecule has 0 saturated heterocycles. The lowest BCUT2D eigenvalue weighted by Gasteiger charge is -2.10. The molecule has 0 amide bonds. The van der Waals surface area contributed by atoms with Crippen LogP contribution in [0.15, 0.2) is 29.2 Å². The zero-order valence-electron chi connectivity index (χ0n) is 11.9. The standard InChI is InChI=1S/C15H25NO2S/c1-3-6-14(16)8-5-7-13-9-11-15(12-10-13)19(17,18)4-2/h9-12,14H,3-8,16H2,1-2H3. The maximum absolute atomic E-state index is 11.7. The van der Waals surface area contributed by atoms with Gasteiger partial charge in [0.1, 0.15) is 0 Å². The van der Waals surface area contributed by atoms with Crippen molar-refractivity contribution in [1.29, 1.82) is 0 Å². The highest BCUT2D eigenvalue weighted by molar-refractivity contribution is 7.91. The lowest BCUT2D eigenvalue weighted by atomic mass is 10.0. The van der Waals surface area contributed by atoms with Crippen LogP contribution in [0.1, 0.15) is 45.1 Å².